The molecule has 0 aliphatic heterocycles. The van der Waals surface area contributed by atoms with Crippen LogP contribution in [-0.4, -0.2) is 11.9 Å². The molecule has 0 saturated carbocycles. The number of carbonyl (C=O) groups excluding carboxylic acids is 2. The summed E-state index contributed by atoms with van der Waals surface area (Å²) in [7, 11) is 0. The zero-order chi connectivity index (χ0) is 19.8. The second kappa shape index (κ2) is 9.17. The third-order valence-corrected chi connectivity index (χ3v) is 4.10. The van der Waals surface area contributed by atoms with Crippen molar-refractivity contribution in [2.24, 2.45) is 0 Å². The molecule has 138 valence electrons. The van der Waals surface area contributed by atoms with Gasteiger partial charge in [-0.15, -0.1) is 5.73 Å². The lowest BCUT2D eigenvalue weighted by atomic mass is 9.98. The maximum Gasteiger partial charge on any atom is 0.349 e. The quantitative estimate of drug-likeness (QED) is 0.302. The number of hydrogen-bond acceptors (Lipinski definition) is 3. The molecular formula is C24H19NO3. The summed E-state index contributed by atoms with van der Waals surface area (Å²) >= 11 is 0. The SMILES string of the molecule is C=C=C(C(=O)Oc1ccccc1)[C@@H](NC(=O)c1ccccc1)c1ccccc1. The van der Waals surface area contributed by atoms with Crippen LogP contribution in [0.2, 0.25) is 0 Å². The molecule has 4 heteroatoms. The minimum atomic E-state index is -0.748. The highest BCUT2D eigenvalue weighted by Gasteiger charge is 2.26. The van der Waals surface area contributed by atoms with Gasteiger partial charge in [-0.3, -0.25) is 4.79 Å². The number of rotatable bonds is 6. The van der Waals surface area contributed by atoms with Crippen molar-refractivity contribution in [3.8, 4) is 5.75 Å². The van der Waals surface area contributed by atoms with E-state index in [1.54, 1.807) is 48.5 Å². The number of benzene rings is 3. The van der Waals surface area contributed by atoms with Crippen LogP contribution in [0.3, 0.4) is 0 Å². The standard InChI is InChI=1S/C24H19NO3/c1-2-21(24(27)28-20-16-10-5-11-17-20)22(18-12-6-3-7-13-18)25-23(26)19-14-8-4-9-15-19/h3-17,22H,1H2,(H,25,26)/t22-/m0/s1. The molecule has 3 aromatic carbocycles. The van der Waals surface area contributed by atoms with Crippen molar-refractivity contribution in [3.05, 3.63) is 120 Å². The Balaban J connectivity index is 1.90. The normalized spacial score (nSPS) is 11.0. The molecule has 1 atom stereocenters. The van der Waals surface area contributed by atoms with E-state index in [9.17, 15) is 9.59 Å². The average Bonchev–Trinajstić information content (AvgIpc) is 2.75. The smallest absolute Gasteiger partial charge is 0.349 e. The molecule has 3 rings (SSSR count). The lowest BCUT2D eigenvalue weighted by Gasteiger charge is -2.20. The van der Waals surface area contributed by atoms with E-state index < -0.39 is 12.0 Å². The number of para-hydroxylation sites is 1. The number of nitrogens with one attached hydrogen (secondary N) is 1. The van der Waals surface area contributed by atoms with Gasteiger partial charge in [0.15, 0.2) is 0 Å². The largest absolute Gasteiger partial charge is 0.423 e. The summed E-state index contributed by atoms with van der Waals surface area (Å²) in [6.45, 7) is 3.64. The third-order valence-electron chi connectivity index (χ3n) is 4.10. The van der Waals surface area contributed by atoms with E-state index in [4.69, 9.17) is 4.74 Å². The van der Waals surface area contributed by atoms with Crippen LogP contribution in [0.5, 0.6) is 5.75 Å². The Morgan fingerprint density at radius 3 is 1.93 bits per heavy atom. The van der Waals surface area contributed by atoms with E-state index >= 15 is 0 Å². The molecule has 1 amide bonds. The van der Waals surface area contributed by atoms with Crippen LogP contribution in [-0.2, 0) is 4.79 Å². The molecular weight excluding hydrogens is 350 g/mol. The molecule has 0 fully saturated rings. The highest BCUT2D eigenvalue weighted by atomic mass is 16.5. The fraction of sp³-hybridized carbons (Fsp3) is 0.0417. The summed E-state index contributed by atoms with van der Waals surface area (Å²) in [5.41, 5.74) is 3.99. The van der Waals surface area contributed by atoms with Gasteiger partial charge < -0.3 is 10.1 Å². The molecule has 0 aliphatic rings. The summed E-state index contributed by atoms with van der Waals surface area (Å²) in [6.07, 6.45) is 0. The Labute approximate surface area is 163 Å². The van der Waals surface area contributed by atoms with Crippen molar-refractivity contribution in [2.45, 2.75) is 6.04 Å². The average molecular weight is 369 g/mol. The Morgan fingerprint density at radius 2 is 1.36 bits per heavy atom. The number of hydrogen-bond donors (Lipinski definition) is 1. The van der Waals surface area contributed by atoms with E-state index in [2.05, 4.69) is 17.6 Å². The Kier molecular flexibility index (Phi) is 6.19. The molecule has 0 aliphatic carbocycles. The van der Waals surface area contributed by atoms with Gasteiger partial charge in [-0.05, 0) is 29.8 Å². The number of ether oxygens (including phenoxy) is 1. The molecule has 4 nitrogen and oxygen atoms in total. The van der Waals surface area contributed by atoms with Gasteiger partial charge >= 0.3 is 5.97 Å². The predicted molar refractivity (Wildman–Crippen MR) is 108 cm³/mol. The number of amides is 1. The van der Waals surface area contributed by atoms with Crippen molar-refractivity contribution >= 4 is 11.9 Å². The van der Waals surface area contributed by atoms with Crippen LogP contribution in [0, 0.1) is 0 Å². The van der Waals surface area contributed by atoms with Crippen molar-refractivity contribution < 1.29 is 14.3 Å². The lowest BCUT2D eigenvalue weighted by Crippen LogP contribution is -2.33. The minimum absolute atomic E-state index is 0.124. The fourth-order valence-electron chi connectivity index (χ4n) is 2.71. The van der Waals surface area contributed by atoms with Gasteiger partial charge in [-0.25, -0.2) is 4.79 Å². The first-order valence-electron chi connectivity index (χ1n) is 8.77. The van der Waals surface area contributed by atoms with Crippen LogP contribution >= 0.6 is 0 Å². The first-order chi connectivity index (χ1) is 13.7. The molecule has 0 bridgehead atoms. The van der Waals surface area contributed by atoms with Gasteiger partial charge in [0.05, 0.1) is 6.04 Å². The van der Waals surface area contributed by atoms with Crippen LogP contribution in [0.25, 0.3) is 0 Å². The highest BCUT2D eigenvalue weighted by molar-refractivity contribution is 5.97. The first-order valence-corrected chi connectivity index (χ1v) is 8.77. The summed E-state index contributed by atoms with van der Waals surface area (Å²) < 4.78 is 5.43. The van der Waals surface area contributed by atoms with E-state index in [1.807, 2.05) is 42.5 Å². The molecule has 0 aromatic heterocycles. The van der Waals surface area contributed by atoms with Crippen molar-refractivity contribution in [3.63, 3.8) is 0 Å². The van der Waals surface area contributed by atoms with Crippen molar-refractivity contribution in [1.29, 1.82) is 0 Å². The van der Waals surface area contributed by atoms with Gasteiger partial charge in [0.2, 0.25) is 0 Å². The predicted octanol–water partition coefficient (Wildman–Crippen LogP) is 4.47. The topological polar surface area (TPSA) is 55.4 Å². The molecule has 0 unspecified atom stereocenters. The number of esters is 1. The summed E-state index contributed by atoms with van der Waals surface area (Å²) in [5.74, 6) is -0.528. The van der Waals surface area contributed by atoms with E-state index in [1.165, 1.54) is 0 Å². The zero-order valence-corrected chi connectivity index (χ0v) is 15.2. The molecule has 3 aromatic rings. The maximum atomic E-state index is 12.8. The van der Waals surface area contributed by atoms with E-state index in [-0.39, 0.29) is 11.5 Å². The van der Waals surface area contributed by atoms with Crippen LogP contribution in [0.15, 0.2) is 109 Å². The second-order valence-corrected chi connectivity index (χ2v) is 5.98. The van der Waals surface area contributed by atoms with E-state index in [0.717, 1.165) is 5.56 Å². The van der Waals surface area contributed by atoms with Crippen LogP contribution in [0.1, 0.15) is 22.0 Å². The van der Waals surface area contributed by atoms with Crippen molar-refractivity contribution in [2.75, 3.05) is 0 Å². The summed E-state index contributed by atoms with van der Waals surface area (Å²) in [4.78, 5) is 25.5. The molecule has 0 heterocycles. The molecule has 1 N–H and O–H groups in total. The Morgan fingerprint density at radius 1 is 0.821 bits per heavy atom. The van der Waals surface area contributed by atoms with Gasteiger partial charge in [-0.2, -0.15) is 0 Å². The fourth-order valence-corrected chi connectivity index (χ4v) is 2.71. The Hall–Kier alpha value is -3.88. The number of carbonyl (C=O) groups is 2. The highest BCUT2D eigenvalue weighted by Crippen LogP contribution is 2.24. The second-order valence-electron chi connectivity index (χ2n) is 5.98. The first kappa shape index (κ1) is 18.9. The molecule has 0 radical (unpaired) electrons. The summed E-state index contributed by atoms with van der Waals surface area (Å²) in [5, 5.41) is 2.89. The zero-order valence-electron chi connectivity index (χ0n) is 15.2. The lowest BCUT2D eigenvalue weighted by molar-refractivity contribution is -0.130. The molecule has 0 saturated heterocycles. The maximum absolute atomic E-state index is 12.8. The van der Waals surface area contributed by atoms with Crippen LogP contribution in [0.4, 0.5) is 0 Å². The third kappa shape index (κ3) is 4.64. The molecule has 28 heavy (non-hydrogen) atoms. The van der Waals surface area contributed by atoms with Gasteiger partial charge in [0.25, 0.3) is 5.91 Å². The van der Waals surface area contributed by atoms with Gasteiger partial charge in [0, 0.05) is 5.56 Å². The van der Waals surface area contributed by atoms with Gasteiger partial charge in [-0.1, -0.05) is 73.3 Å². The minimum Gasteiger partial charge on any atom is -0.423 e. The van der Waals surface area contributed by atoms with E-state index in [0.29, 0.717) is 11.3 Å². The Bertz CT molecular complexity index is 992. The van der Waals surface area contributed by atoms with Crippen molar-refractivity contribution in [1.82, 2.24) is 5.32 Å². The summed E-state index contributed by atoms with van der Waals surface area (Å²) in [6, 6.07) is 25.9. The van der Waals surface area contributed by atoms with Gasteiger partial charge in [0.1, 0.15) is 11.3 Å². The molecule has 0 spiro atoms. The van der Waals surface area contributed by atoms with Crippen LogP contribution < -0.4 is 10.1 Å². The monoisotopic (exact) mass is 369 g/mol.